The number of carbonyl (C=O) groups excluding carboxylic acids is 1. The zero-order valence-electron chi connectivity index (χ0n) is 11.2. The van der Waals surface area contributed by atoms with Crippen molar-refractivity contribution >= 4 is 5.91 Å². The van der Waals surface area contributed by atoms with E-state index in [1.165, 1.54) is 0 Å². The molecule has 5 heteroatoms. The van der Waals surface area contributed by atoms with Crippen molar-refractivity contribution in [2.45, 2.75) is 25.4 Å². The number of para-hydroxylation sites is 1. The molecule has 1 aromatic rings. The lowest BCUT2D eigenvalue weighted by atomic mass is 10.1. The molecule has 106 valence electrons. The molecule has 1 fully saturated rings. The van der Waals surface area contributed by atoms with Gasteiger partial charge < -0.3 is 15.2 Å². The molecule has 1 saturated carbocycles. The Morgan fingerprint density at radius 1 is 1.45 bits per heavy atom. The summed E-state index contributed by atoms with van der Waals surface area (Å²) in [6, 6.07) is 8.83. The monoisotopic (exact) mass is 274 g/mol. The summed E-state index contributed by atoms with van der Waals surface area (Å²) in [5.41, 5.74) is 0.416. The van der Waals surface area contributed by atoms with Crippen LogP contribution in [0.2, 0.25) is 0 Å². The van der Waals surface area contributed by atoms with Gasteiger partial charge in [-0.1, -0.05) is 12.1 Å². The largest absolute Gasteiger partial charge is 0.482 e. The predicted octanol–water partition coefficient (Wildman–Crippen LogP) is 1.21. The van der Waals surface area contributed by atoms with E-state index in [1.54, 1.807) is 24.3 Å². The van der Waals surface area contributed by atoms with E-state index in [9.17, 15) is 9.90 Å². The molecule has 0 aliphatic heterocycles. The molecule has 1 aliphatic rings. The molecule has 2 atom stereocenters. The molecule has 0 heterocycles. The van der Waals surface area contributed by atoms with Gasteiger partial charge in [0.1, 0.15) is 11.8 Å². The number of carbonyl (C=O) groups is 1. The van der Waals surface area contributed by atoms with Crippen LogP contribution in [0, 0.1) is 17.2 Å². The number of rotatable bonds is 5. The molecular weight excluding hydrogens is 256 g/mol. The van der Waals surface area contributed by atoms with Gasteiger partial charge in [0.2, 0.25) is 0 Å². The van der Waals surface area contributed by atoms with E-state index in [1.807, 2.05) is 6.07 Å². The van der Waals surface area contributed by atoms with Crippen LogP contribution in [0.5, 0.6) is 5.75 Å². The van der Waals surface area contributed by atoms with Gasteiger partial charge in [0.15, 0.2) is 6.61 Å². The van der Waals surface area contributed by atoms with Crippen molar-refractivity contribution in [1.82, 2.24) is 5.32 Å². The van der Waals surface area contributed by atoms with Crippen LogP contribution in [0.1, 0.15) is 24.8 Å². The second-order valence-electron chi connectivity index (χ2n) is 5.03. The molecule has 0 radical (unpaired) electrons. The summed E-state index contributed by atoms with van der Waals surface area (Å²) in [4.78, 5) is 11.7. The first-order valence-electron chi connectivity index (χ1n) is 6.75. The number of ether oxygens (including phenoxy) is 1. The zero-order valence-corrected chi connectivity index (χ0v) is 11.2. The number of aliphatic hydroxyl groups excluding tert-OH is 1. The van der Waals surface area contributed by atoms with Gasteiger partial charge in [-0.05, 0) is 37.3 Å². The number of nitrogens with one attached hydrogen (secondary N) is 1. The molecule has 0 bridgehead atoms. The summed E-state index contributed by atoms with van der Waals surface area (Å²) in [5, 5.41) is 21.1. The van der Waals surface area contributed by atoms with E-state index in [0.717, 1.165) is 19.3 Å². The predicted molar refractivity (Wildman–Crippen MR) is 73.0 cm³/mol. The molecule has 1 aliphatic carbocycles. The lowest BCUT2D eigenvalue weighted by Gasteiger charge is -2.12. The van der Waals surface area contributed by atoms with Crippen molar-refractivity contribution in [3.8, 4) is 11.8 Å². The van der Waals surface area contributed by atoms with E-state index in [-0.39, 0.29) is 18.6 Å². The maximum Gasteiger partial charge on any atom is 0.257 e. The highest BCUT2D eigenvalue weighted by Crippen LogP contribution is 2.24. The van der Waals surface area contributed by atoms with E-state index >= 15 is 0 Å². The fraction of sp³-hybridized carbons (Fsp3) is 0.467. The third kappa shape index (κ3) is 3.97. The van der Waals surface area contributed by atoms with Crippen molar-refractivity contribution in [3.05, 3.63) is 29.8 Å². The van der Waals surface area contributed by atoms with Crippen LogP contribution in [0.3, 0.4) is 0 Å². The third-order valence-electron chi connectivity index (χ3n) is 3.47. The molecule has 1 amide bonds. The smallest absolute Gasteiger partial charge is 0.257 e. The van der Waals surface area contributed by atoms with Gasteiger partial charge in [0, 0.05) is 6.54 Å². The Morgan fingerprint density at radius 3 is 2.95 bits per heavy atom. The SMILES string of the molecule is N#Cc1ccccc1OCC(=O)NCC1CCC(O)C1. The summed E-state index contributed by atoms with van der Waals surface area (Å²) < 4.78 is 5.34. The number of nitrogens with zero attached hydrogens (tertiary/aromatic N) is 1. The number of benzene rings is 1. The van der Waals surface area contributed by atoms with Crippen molar-refractivity contribution < 1.29 is 14.6 Å². The van der Waals surface area contributed by atoms with Crippen LogP contribution in [0.4, 0.5) is 0 Å². The molecule has 0 saturated heterocycles. The first-order valence-corrected chi connectivity index (χ1v) is 6.75. The summed E-state index contributed by atoms with van der Waals surface area (Å²) in [5.74, 6) is 0.556. The Bertz CT molecular complexity index is 510. The summed E-state index contributed by atoms with van der Waals surface area (Å²) in [6.07, 6.45) is 2.28. The number of aliphatic hydroxyl groups is 1. The fourth-order valence-corrected chi connectivity index (χ4v) is 2.37. The van der Waals surface area contributed by atoms with Gasteiger partial charge in [-0.3, -0.25) is 4.79 Å². The molecule has 0 aromatic heterocycles. The summed E-state index contributed by atoms with van der Waals surface area (Å²) in [7, 11) is 0. The third-order valence-corrected chi connectivity index (χ3v) is 3.47. The Kier molecular flexibility index (Phi) is 4.97. The van der Waals surface area contributed by atoms with Gasteiger partial charge >= 0.3 is 0 Å². The van der Waals surface area contributed by atoms with Gasteiger partial charge in [0.05, 0.1) is 11.7 Å². The highest BCUT2D eigenvalue weighted by Gasteiger charge is 2.22. The maximum atomic E-state index is 11.7. The Hall–Kier alpha value is -2.06. The normalized spacial score (nSPS) is 21.2. The van der Waals surface area contributed by atoms with Gasteiger partial charge in [-0.15, -0.1) is 0 Å². The lowest BCUT2D eigenvalue weighted by molar-refractivity contribution is -0.123. The van der Waals surface area contributed by atoms with Gasteiger partial charge in [-0.25, -0.2) is 0 Å². The first kappa shape index (κ1) is 14.4. The number of amides is 1. The minimum atomic E-state index is -0.226. The number of hydrogen-bond donors (Lipinski definition) is 2. The van der Waals surface area contributed by atoms with Crippen LogP contribution in [-0.2, 0) is 4.79 Å². The lowest BCUT2D eigenvalue weighted by Crippen LogP contribution is -2.32. The topological polar surface area (TPSA) is 82.3 Å². The quantitative estimate of drug-likeness (QED) is 0.845. The van der Waals surface area contributed by atoms with Gasteiger partial charge in [0.25, 0.3) is 5.91 Å². The molecule has 2 rings (SSSR count). The minimum Gasteiger partial charge on any atom is -0.482 e. The average Bonchev–Trinajstić information content (AvgIpc) is 2.89. The first-order chi connectivity index (χ1) is 9.69. The zero-order chi connectivity index (χ0) is 14.4. The highest BCUT2D eigenvalue weighted by atomic mass is 16.5. The summed E-state index contributed by atoms with van der Waals surface area (Å²) >= 11 is 0. The maximum absolute atomic E-state index is 11.7. The minimum absolute atomic E-state index is 0.103. The standard InChI is InChI=1S/C15H18N2O3/c16-8-12-3-1-2-4-14(12)20-10-15(19)17-9-11-5-6-13(18)7-11/h1-4,11,13,18H,5-7,9-10H2,(H,17,19). The molecule has 2 N–H and O–H groups in total. The molecule has 5 nitrogen and oxygen atoms in total. The Labute approximate surface area is 118 Å². The Balaban J connectivity index is 1.74. The van der Waals surface area contributed by atoms with E-state index in [2.05, 4.69) is 5.32 Å². The molecule has 1 aromatic carbocycles. The van der Waals surface area contributed by atoms with Crippen LogP contribution < -0.4 is 10.1 Å². The average molecular weight is 274 g/mol. The summed E-state index contributed by atoms with van der Waals surface area (Å²) in [6.45, 7) is 0.465. The number of hydrogen-bond acceptors (Lipinski definition) is 4. The van der Waals surface area contributed by atoms with Crippen LogP contribution in [-0.4, -0.2) is 30.3 Å². The Morgan fingerprint density at radius 2 is 2.25 bits per heavy atom. The van der Waals surface area contributed by atoms with Crippen molar-refractivity contribution in [2.24, 2.45) is 5.92 Å². The second-order valence-corrected chi connectivity index (χ2v) is 5.03. The molecule has 0 spiro atoms. The number of nitriles is 1. The molecule has 2 unspecified atom stereocenters. The van der Waals surface area contributed by atoms with Crippen LogP contribution in [0.25, 0.3) is 0 Å². The van der Waals surface area contributed by atoms with Gasteiger partial charge in [-0.2, -0.15) is 5.26 Å². The molecular formula is C15H18N2O3. The highest BCUT2D eigenvalue weighted by molar-refractivity contribution is 5.77. The van der Waals surface area contributed by atoms with Crippen molar-refractivity contribution in [3.63, 3.8) is 0 Å². The fourth-order valence-electron chi connectivity index (χ4n) is 2.37. The van der Waals surface area contributed by atoms with Crippen molar-refractivity contribution in [2.75, 3.05) is 13.2 Å². The van der Waals surface area contributed by atoms with Crippen LogP contribution in [0.15, 0.2) is 24.3 Å². The van der Waals surface area contributed by atoms with E-state index in [0.29, 0.717) is 23.8 Å². The second kappa shape index (κ2) is 6.92. The van der Waals surface area contributed by atoms with E-state index < -0.39 is 0 Å². The molecule has 20 heavy (non-hydrogen) atoms. The van der Waals surface area contributed by atoms with Crippen molar-refractivity contribution in [1.29, 1.82) is 5.26 Å². The van der Waals surface area contributed by atoms with E-state index in [4.69, 9.17) is 10.00 Å². The van der Waals surface area contributed by atoms with Crippen LogP contribution >= 0.6 is 0 Å².